The van der Waals surface area contributed by atoms with E-state index in [-0.39, 0.29) is 40.1 Å². The van der Waals surface area contributed by atoms with Crippen LogP contribution in [-0.4, -0.2) is 30.0 Å². The van der Waals surface area contributed by atoms with Gasteiger partial charge in [-0.05, 0) is 29.7 Å². The van der Waals surface area contributed by atoms with Gasteiger partial charge in [-0.15, -0.1) is 0 Å². The van der Waals surface area contributed by atoms with Gasteiger partial charge < -0.3 is 25.1 Å². The van der Waals surface area contributed by atoms with Crippen molar-refractivity contribution in [2.45, 2.75) is 26.1 Å². The molecule has 0 unspecified atom stereocenters. The third kappa shape index (κ3) is 3.78. The number of hydrogen-bond donors (Lipinski definition) is 3. The Morgan fingerprint density at radius 3 is 2.43 bits per heavy atom. The molecule has 158 valence electrons. The van der Waals surface area contributed by atoms with Gasteiger partial charge in [0.2, 0.25) is 6.30 Å². The average molecular weight is 415 g/mol. The van der Waals surface area contributed by atoms with E-state index < -0.39 is 23.1 Å². The van der Waals surface area contributed by atoms with Crippen LogP contribution in [0.4, 0.5) is 21.5 Å². The molecule has 1 heterocycles. The number of phenols is 1. The highest BCUT2D eigenvalue weighted by molar-refractivity contribution is 5.99. The van der Waals surface area contributed by atoms with Gasteiger partial charge in [0.25, 0.3) is 16.8 Å². The summed E-state index contributed by atoms with van der Waals surface area (Å²) in [5.41, 5.74) is -1.38. The summed E-state index contributed by atoms with van der Waals surface area (Å²) in [6.07, 6.45) is -0.419. The number of benzene rings is 1. The first-order chi connectivity index (χ1) is 14.1. The van der Waals surface area contributed by atoms with Crippen LogP contribution >= 0.6 is 0 Å². The van der Waals surface area contributed by atoms with Crippen molar-refractivity contribution in [3.05, 3.63) is 67.9 Å². The van der Waals surface area contributed by atoms with Crippen LogP contribution in [0.5, 0.6) is 5.75 Å². The van der Waals surface area contributed by atoms with Gasteiger partial charge in [0.05, 0.1) is 17.5 Å². The fourth-order valence-electron chi connectivity index (χ4n) is 2.84. The Kier molecular flexibility index (Phi) is 5.64. The molecule has 3 aromatic rings. The first-order valence-corrected chi connectivity index (χ1v) is 9.24. The topological polar surface area (TPSA) is 112 Å². The molecule has 1 aromatic heterocycles. The number of furan rings is 1. The average Bonchev–Trinajstić information content (AvgIpc) is 3.21. The zero-order chi connectivity index (χ0) is 22.2. The minimum absolute atomic E-state index is 0.0124. The summed E-state index contributed by atoms with van der Waals surface area (Å²) in [4.78, 5) is 37.4. The zero-order valence-corrected chi connectivity index (χ0v) is 16.9. The monoisotopic (exact) mass is 415 g/mol. The molecule has 0 saturated heterocycles. The molecule has 3 rings (SSSR count). The minimum atomic E-state index is -1.85. The Labute approximate surface area is 171 Å². The van der Waals surface area contributed by atoms with Crippen LogP contribution in [0.1, 0.15) is 47.7 Å². The van der Waals surface area contributed by atoms with Crippen molar-refractivity contribution in [1.29, 1.82) is 0 Å². The van der Waals surface area contributed by atoms with E-state index in [2.05, 4.69) is 10.6 Å². The number of aromatic hydroxyl groups is 1. The first-order valence-electron chi connectivity index (χ1n) is 9.24. The number of carbonyl (C=O) groups excluding carboxylic acids is 1. The lowest BCUT2D eigenvalue weighted by molar-refractivity contribution is 0.0824. The molecule has 0 fully saturated rings. The van der Waals surface area contributed by atoms with Gasteiger partial charge in [0.15, 0.2) is 11.5 Å². The summed E-state index contributed by atoms with van der Waals surface area (Å²) < 4.78 is 19.8. The highest BCUT2D eigenvalue weighted by Gasteiger charge is 2.27. The van der Waals surface area contributed by atoms with E-state index in [4.69, 9.17) is 4.42 Å². The number of carbonyl (C=O) groups is 1. The van der Waals surface area contributed by atoms with E-state index in [0.29, 0.717) is 0 Å². The molecule has 9 heteroatoms. The molecule has 0 aliphatic rings. The Balaban J connectivity index is 1.85. The standard InChI is InChI=1S/C21H22FN3O5/c1-10(2)11-8-14(30-9-11)20(22)24-16-15(18(27)19(16)28)23-13-7-5-6-12(17(13)26)21(29)25(3)4/h5-10,20,23-24,26H,1-4H3/t20-/m0/s1. The molecular weight excluding hydrogens is 393 g/mol. The Hall–Kier alpha value is -3.62. The number of anilines is 3. The summed E-state index contributed by atoms with van der Waals surface area (Å²) in [5, 5.41) is 15.4. The summed E-state index contributed by atoms with van der Waals surface area (Å²) in [6, 6.07) is 5.89. The number of phenolic OH excluding ortho intramolecular Hbond substituents is 1. The number of para-hydroxylation sites is 1. The van der Waals surface area contributed by atoms with E-state index in [0.717, 1.165) is 5.56 Å². The van der Waals surface area contributed by atoms with Crippen molar-refractivity contribution in [1.82, 2.24) is 4.90 Å². The van der Waals surface area contributed by atoms with Crippen LogP contribution in [0.15, 0.2) is 44.5 Å². The van der Waals surface area contributed by atoms with E-state index >= 15 is 0 Å². The summed E-state index contributed by atoms with van der Waals surface area (Å²) in [5.74, 6) is -0.723. The second kappa shape index (κ2) is 8.02. The van der Waals surface area contributed by atoms with E-state index in [1.54, 1.807) is 0 Å². The second-order valence-electron chi connectivity index (χ2n) is 7.38. The third-order valence-corrected chi connectivity index (χ3v) is 4.67. The molecule has 0 aliphatic carbocycles. The van der Waals surface area contributed by atoms with Gasteiger partial charge in [0, 0.05) is 14.1 Å². The molecule has 3 N–H and O–H groups in total. The number of nitrogens with one attached hydrogen (secondary N) is 2. The molecule has 0 aliphatic heterocycles. The largest absolute Gasteiger partial charge is 0.505 e. The molecule has 0 saturated carbocycles. The number of halogens is 1. The molecule has 0 radical (unpaired) electrons. The molecule has 0 spiro atoms. The van der Waals surface area contributed by atoms with Gasteiger partial charge in [-0.3, -0.25) is 14.4 Å². The number of rotatable bonds is 7. The fourth-order valence-corrected chi connectivity index (χ4v) is 2.84. The van der Waals surface area contributed by atoms with Gasteiger partial charge >= 0.3 is 0 Å². The maximum atomic E-state index is 14.6. The quantitative estimate of drug-likeness (QED) is 0.309. The molecule has 30 heavy (non-hydrogen) atoms. The molecule has 1 atom stereocenters. The van der Waals surface area contributed by atoms with Crippen molar-refractivity contribution < 1.29 is 18.7 Å². The maximum absolute atomic E-state index is 14.6. The highest BCUT2D eigenvalue weighted by atomic mass is 19.1. The van der Waals surface area contributed by atoms with Crippen LogP contribution in [0, 0.1) is 0 Å². The maximum Gasteiger partial charge on any atom is 0.257 e. The smallest absolute Gasteiger partial charge is 0.257 e. The van der Waals surface area contributed by atoms with Crippen molar-refractivity contribution in [2.24, 2.45) is 0 Å². The Bertz CT molecular complexity index is 1160. The SMILES string of the molecule is CC(C)c1coc([C@@H](F)Nc2c(Nc3cccc(C(=O)N(C)C)c3O)c(=O)c2=O)c1. The molecule has 8 nitrogen and oxygen atoms in total. The Morgan fingerprint density at radius 2 is 1.83 bits per heavy atom. The minimum Gasteiger partial charge on any atom is -0.505 e. The predicted octanol–water partition coefficient (Wildman–Crippen LogP) is 3.23. The van der Waals surface area contributed by atoms with Crippen molar-refractivity contribution in [3.63, 3.8) is 0 Å². The van der Waals surface area contributed by atoms with Crippen LogP contribution in [-0.2, 0) is 0 Å². The zero-order valence-electron chi connectivity index (χ0n) is 16.9. The second-order valence-corrected chi connectivity index (χ2v) is 7.38. The van der Waals surface area contributed by atoms with Gasteiger partial charge in [-0.2, -0.15) is 0 Å². The fraction of sp³-hybridized carbons (Fsp3) is 0.286. The van der Waals surface area contributed by atoms with Gasteiger partial charge in [0.1, 0.15) is 11.4 Å². The lowest BCUT2D eigenvalue weighted by Crippen LogP contribution is -2.37. The van der Waals surface area contributed by atoms with E-state index in [1.807, 2.05) is 13.8 Å². The first kappa shape index (κ1) is 21.1. The lowest BCUT2D eigenvalue weighted by atomic mass is 10.1. The Morgan fingerprint density at radius 1 is 1.17 bits per heavy atom. The normalized spacial score (nSPS) is 12.2. The van der Waals surface area contributed by atoms with E-state index in [1.165, 1.54) is 49.5 Å². The summed E-state index contributed by atoms with van der Waals surface area (Å²) >= 11 is 0. The summed E-state index contributed by atoms with van der Waals surface area (Å²) in [7, 11) is 3.06. The summed E-state index contributed by atoms with van der Waals surface area (Å²) in [6.45, 7) is 3.85. The number of alkyl halides is 1. The van der Waals surface area contributed by atoms with Crippen LogP contribution in [0.25, 0.3) is 0 Å². The van der Waals surface area contributed by atoms with Crippen molar-refractivity contribution >= 4 is 23.0 Å². The van der Waals surface area contributed by atoms with Crippen LogP contribution in [0.2, 0.25) is 0 Å². The van der Waals surface area contributed by atoms with Crippen LogP contribution < -0.4 is 21.5 Å². The van der Waals surface area contributed by atoms with Gasteiger partial charge in [-0.1, -0.05) is 19.9 Å². The molecule has 2 aromatic carbocycles. The number of amides is 1. The predicted molar refractivity (Wildman–Crippen MR) is 111 cm³/mol. The molecule has 1 amide bonds. The van der Waals surface area contributed by atoms with Crippen LogP contribution in [0.3, 0.4) is 0 Å². The molecular formula is C21H22FN3O5. The lowest BCUT2D eigenvalue weighted by Gasteiger charge is -2.18. The number of nitrogens with zero attached hydrogens (tertiary/aromatic N) is 1. The third-order valence-electron chi connectivity index (χ3n) is 4.67. The molecule has 0 bridgehead atoms. The van der Waals surface area contributed by atoms with Gasteiger partial charge in [-0.25, -0.2) is 4.39 Å². The highest BCUT2D eigenvalue weighted by Crippen LogP contribution is 2.33. The number of hydrogen-bond acceptors (Lipinski definition) is 7. The van der Waals surface area contributed by atoms with Crippen molar-refractivity contribution in [2.75, 3.05) is 24.7 Å². The van der Waals surface area contributed by atoms with Crippen molar-refractivity contribution in [3.8, 4) is 5.75 Å². The van der Waals surface area contributed by atoms with E-state index in [9.17, 15) is 23.9 Å².